The summed E-state index contributed by atoms with van der Waals surface area (Å²) in [5, 5.41) is 15.4. The lowest BCUT2D eigenvalue weighted by Crippen LogP contribution is -2.51. The predicted molar refractivity (Wildman–Crippen MR) is 75.0 cm³/mol. The molecule has 1 heterocycles. The second kappa shape index (κ2) is 6.53. The standard InChI is InChI=1S/C14H24N4O2/c1-14(10-15,11-3-4-11)17-13(19)9-18(2)8-12-7-16-5-6-20-12/h11-12,16H,3-9H2,1-2H3,(H,17,19). The molecule has 2 rings (SSSR count). The fourth-order valence-corrected chi connectivity index (χ4v) is 2.61. The summed E-state index contributed by atoms with van der Waals surface area (Å²) in [6.45, 7) is 5.26. The van der Waals surface area contributed by atoms with E-state index in [0.717, 1.165) is 32.5 Å². The Morgan fingerprint density at radius 3 is 2.90 bits per heavy atom. The summed E-state index contributed by atoms with van der Waals surface area (Å²) in [5.74, 6) is 0.222. The van der Waals surface area contributed by atoms with Crippen LogP contribution in [0.1, 0.15) is 19.8 Å². The van der Waals surface area contributed by atoms with Gasteiger partial charge in [-0.15, -0.1) is 0 Å². The number of nitrogens with one attached hydrogen (secondary N) is 2. The zero-order chi connectivity index (χ0) is 14.6. The van der Waals surface area contributed by atoms with Gasteiger partial charge in [0, 0.05) is 19.6 Å². The van der Waals surface area contributed by atoms with Crippen molar-refractivity contribution in [3.63, 3.8) is 0 Å². The minimum atomic E-state index is -0.708. The van der Waals surface area contributed by atoms with Crippen LogP contribution in [0.2, 0.25) is 0 Å². The number of rotatable bonds is 6. The van der Waals surface area contributed by atoms with Gasteiger partial charge in [0.25, 0.3) is 0 Å². The van der Waals surface area contributed by atoms with Crippen LogP contribution in [0.15, 0.2) is 0 Å². The molecule has 6 heteroatoms. The van der Waals surface area contributed by atoms with E-state index in [1.807, 2.05) is 18.9 Å². The lowest BCUT2D eigenvalue weighted by molar-refractivity contribution is -0.123. The van der Waals surface area contributed by atoms with Gasteiger partial charge in [-0.3, -0.25) is 9.69 Å². The first-order chi connectivity index (χ1) is 9.53. The van der Waals surface area contributed by atoms with Crippen molar-refractivity contribution < 1.29 is 9.53 Å². The molecule has 1 aliphatic carbocycles. The van der Waals surface area contributed by atoms with E-state index in [0.29, 0.717) is 19.0 Å². The lowest BCUT2D eigenvalue weighted by Gasteiger charge is -2.29. The highest BCUT2D eigenvalue weighted by Crippen LogP contribution is 2.39. The number of nitrogens with zero attached hydrogens (tertiary/aromatic N) is 2. The molecule has 0 aromatic heterocycles. The first-order valence-corrected chi connectivity index (χ1v) is 7.26. The Hall–Kier alpha value is -1.16. The third kappa shape index (κ3) is 4.17. The molecular weight excluding hydrogens is 256 g/mol. The van der Waals surface area contributed by atoms with E-state index in [1.54, 1.807) is 0 Å². The van der Waals surface area contributed by atoms with Gasteiger partial charge in [0.15, 0.2) is 0 Å². The normalized spacial score (nSPS) is 25.8. The van der Waals surface area contributed by atoms with E-state index in [9.17, 15) is 10.1 Å². The first kappa shape index (κ1) is 15.2. The van der Waals surface area contributed by atoms with Gasteiger partial charge in [0.2, 0.25) is 5.91 Å². The monoisotopic (exact) mass is 280 g/mol. The molecule has 2 unspecified atom stereocenters. The van der Waals surface area contributed by atoms with Crippen LogP contribution in [0.25, 0.3) is 0 Å². The van der Waals surface area contributed by atoms with Crippen molar-refractivity contribution in [1.29, 1.82) is 5.26 Å². The number of hydrogen-bond acceptors (Lipinski definition) is 5. The lowest BCUT2D eigenvalue weighted by atomic mass is 9.98. The highest BCUT2D eigenvalue weighted by Gasteiger charge is 2.43. The number of nitriles is 1. The summed E-state index contributed by atoms with van der Waals surface area (Å²) in [5.41, 5.74) is -0.708. The first-order valence-electron chi connectivity index (χ1n) is 7.26. The molecule has 2 aliphatic rings. The molecule has 0 spiro atoms. The molecule has 1 saturated heterocycles. The maximum Gasteiger partial charge on any atom is 0.235 e. The Kier molecular flexibility index (Phi) is 4.97. The summed E-state index contributed by atoms with van der Waals surface area (Å²) < 4.78 is 5.61. The molecule has 2 fully saturated rings. The van der Waals surface area contributed by atoms with E-state index in [2.05, 4.69) is 16.7 Å². The van der Waals surface area contributed by atoms with E-state index < -0.39 is 5.54 Å². The summed E-state index contributed by atoms with van der Waals surface area (Å²) in [7, 11) is 1.90. The Balaban J connectivity index is 1.74. The van der Waals surface area contributed by atoms with Gasteiger partial charge in [-0.1, -0.05) is 0 Å². The summed E-state index contributed by atoms with van der Waals surface area (Å²) >= 11 is 0. The van der Waals surface area contributed by atoms with Crippen LogP contribution in [-0.4, -0.2) is 62.3 Å². The smallest absolute Gasteiger partial charge is 0.235 e. The average Bonchev–Trinajstić information content (AvgIpc) is 3.24. The van der Waals surface area contributed by atoms with Gasteiger partial charge >= 0.3 is 0 Å². The molecule has 112 valence electrons. The number of carbonyl (C=O) groups excluding carboxylic acids is 1. The van der Waals surface area contributed by atoms with Crippen molar-refractivity contribution in [2.45, 2.75) is 31.4 Å². The van der Waals surface area contributed by atoms with Gasteiger partial charge < -0.3 is 15.4 Å². The number of hydrogen-bond donors (Lipinski definition) is 2. The molecule has 0 aromatic carbocycles. The van der Waals surface area contributed by atoms with Crippen molar-refractivity contribution in [3.05, 3.63) is 0 Å². The Bertz CT molecular complexity index is 385. The number of likely N-dealkylation sites (N-methyl/N-ethyl adjacent to an activating group) is 1. The largest absolute Gasteiger partial charge is 0.374 e. The predicted octanol–water partition coefficient (Wildman–Crippen LogP) is -0.285. The molecule has 6 nitrogen and oxygen atoms in total. The Morgan fingerprint density at radius 2 is 2.35 bits per heavy atom. The highest BCUT2D eigenvalue weighted by molar-refractivity contribution is 5.79. The van der Waals surface area contributed by atoms with E-state index >= 15 is 0 Å². The molecule has 0 bridgehead atoms. The molecule has 2 N–H and O–H groups in total. The van der Waals surface area contributed by atoms with Crippen molar-refractivity contribution in [3.8, 4) is 6.07 Å². The van der Waals surface area contributed by atoms with Gasteiger partial charge in [-0.05, 0) is 32.7 Å². The van der Waals surface area contributed by atoms with Gasteiger partial charge in [-0.2, -0.15) is 5.26 Å². The molecule has 1 saturated carbocycles. The van der Waals surface area contributed by atoms with Gasteiger partial charge in [0.05, 0.1) is 25.3 Å². The molecule has 20 heavy (non-hydrogen) atoms. The summed E-state index contributed by atoms with van der Waals surface area (Å²) in [4.78, 5) is 14.0. The van der Waals surface area contributed by atoms with Crippen LogP contribution in [-0.2, 0) is 9.53 Å². The third-order valence-corrected chi connectivity index (χ3v) is 3.96. The topological polar surface area (TPSA) is 77.4 Å². The van der Waals surface area contributed by atoms with E-state index in [1.165, 1.54) is 0 Å². The number of carbonyl (C=O) groups is 1. The maximum absolute atomic E-state index is 12.0. The molecule has 1 amide bonds. The minimum Gasteiger partial charge on any atom is -0.374 e. The van der Waals surface area contributed by atoms with E-state index in [-0.39, 0.29) is 12.0 Å². The van der Waals surface area contributed by atoms with Crippen LogP contribution in [0.4, 0.5) is 0 Å². The van der Waals surface area contributed by atoms with Crippen LogP contribution in [0, 0.1) is 17.2 Å². The second-order valence-electron chi connectivity index (χ2n) is 6.03. The summed E-state index contributed by atoms with van der Waals surface area (Å²) in [6.07, 6.45) is 2.19. The Morgan fingerprint density at radius 1 is 1.60 bits per heavy atom. The van der Waals surface area contributed by atoms with Crippen LogP contribution in [0.3, 0.4) is 0 Å². The summed E-state index contributed by atoms with van der Waals surface area (Å²) in [6, 6.07) is 2.24. The third-order valence-electron chi connectivity index (χ3n) is 3.96. The van der Waals surface area contributed by atoms with Crippen molar-refractivity contribution in [1.82, 2.24) is 15.5 Å². The van der Waals surface area contributed by atoms with Crippen LogP contribution < -0.4 is 10.6 Å². The second-order valence-corrected chi connectivity index (χ2v) is 6.03. The molecule has 0 radical (unpaired) electrons. The van der Waals surface area contributed by atoms with Gasteiger partial charge in [0.1, 0.15) is 5.54 Å². The van der Waals surface area contributed by atoms with Crippen LogP contribution >= 0.6 is 0 Å². The number of morpholine rings is 1. The van der Waals surface area contributed by atoms with Crippen molar-refractivity contribution in [2.24, 2.45) is 5.92 Å². The van der Waals surface area contributed by atoms with E-state index in [4.69, 9.17) is 4.74 Å². The fraction of sp³-hybridized carbons (Fsp3) is 0.857. The maximum atomic E-state index is 12.0. The zero-order valence-corrected chi connectivity index (χ0v) is 12.3. The zero-order valence-electron chi connectivity index (χ0n) is 12.3. The van der Waals surface area contributed by atoms with Crippen molar-refractivity contribution in [2.75, 3.05) is 39.8 Å². The fourth-order valence-electron chi connectivity index (χ4n) is 2.61. The molecule has 1 aliphatic heterocycles. The average molecular weight is 280 g/mol. The molecule has 0 aromatic rings. The minimum absolute atomic E-state index is 0.0905. The van der Waals surface area contributed by atoms with Crippen LogP contribution in [0.5, 0.6) is 0 Å². The molecular formula is C14H24N4O2. The number of ether oxygens (including phenoxy) is 1. The van der Waals surface area contributed by atoms with Crippen molar-refractivity contribution >= 4 is 5.91 Å². The van der Waals surface area contributed by atoms with Gasteiger partial charge in [-0.25, -0.2) is 0 Å². The highest BCUT2D eigenvalue weighted by atomic mass is 16.5. The number of amides is 1. The SMILES string of the molecule is CN(CC(=O)NC(C)(C#N)C1CC1)CC1CNCCO1. The molecule has 2 atom stereocenters. The Labute approximate surface area is 120 Å². The quantitative estimate of drug-likeness (QED) is 0.699.